The van der Waals surface area contributed by atoms with Crippen LogP contribution in [0.1, 0.15) is 17.0 Å². The Morgan fingerprint density at radius 1 is 1.03 bits per heavy atom. The lowest BCUT2D eigenvalue weighted by Crippen LogP contribution is -2.14. The molecule has 0 bridgehead atoms. The number of aromatic nitrogens is 2. The average Bonchev–Trinajstić information content (AvgIpc) is 2.76. The second kappa shape index (κ2) is 8.50. The molecule has 0 aliphatic rings. The molecule has 0 unspecified atom stereocenters. The van der Waals surface area contributed by atoms with Crippen molar-refractivity contribution in [3.63, 3.8) is 0 Å². The van der Waals surface area contributed by atoms with Crippen LogP contribution in [0.2, 0.25) is 0 Å². The maximum atomic E-state index is 11.9. The largest absolute Gasteiger partial charge is 0.488 e. The van der Waals surface area contributed by atoms with Crippen LogP contribution in [0.25, 0.3) is 22.9 Å². The zero-order valence-electron chi connectivity index (χ0n) is 16.2. The molecule has 0 fully saturated rings. The van der Waals surface area contributed by atoms with E-state index in [1.807, 2.05) is 66.7 Å². The van der Waals surface area contributed by atoms with Gasteiger partial charge in [-0.3, -0.25) is 14.9 Å². The monoisotopic (exact) mass is 415 g/mol. The van der Waals surface area contributed by atoms with E-state index >= 15 is 0 Å². The van der Waals surface area contributed by atoms with Gasteiger partial charge in [-0.2, -0.15) is 4.98 Å². The van der Waals surface area contributed by atoms with Gasteiger partial charge in [0, 0.05) is 5.56 Å². The van der Waals surface area contributed by atoms with E-state index in [4.69, 9.17) is 4.74 Å². The Labute approximate surface area is 176 Å². The number of benzene rings is 3. The molecular weight excluding hydrogens is 398 g/mol. The molecule has 0 saturated carbocycles. The minimum atomic E-state index is -1.03. The molecule has 4 aromatic rings. The lowest BCUT2D eigenvalue weighted by molar-refractivity contribution is -0.387. The first-order valence-corrected chi connectivity index (χ1v) is 9.37. The minimum Gasteiger partial charge on any atom is -0.488 e. The topological polar surface area (TPSA) is 118 Å². The molecule has 0 atom stereocenters. The third-order valence-corrected chi connectivity index (χ3v) is 4.65. The number of hydrogen-bond donors (Lipinski definition) is 2. The number of fused-ring (bicyclic) bond motifs is 1. The fraction of sp³-hybridized carbons (Fsp3) is 0.0435. The normalized spacial score (nSPS) is 11.1. The number of nitrogens with one attached hydrogen (secondary N) is 1. The molecule has 2 N–H and O–H groups in total. The van der Waals surface area contributed by atoms with Crippen molar-refractivity contribution < 1.29 is 14.8 Å². The van der Waals surface area contributed by atoms with Crippen LogP contribution in [-0.4, -0.2) is 20.0 Å². The SMILES string of the molecule is O=c1[nH]c(/C=C\c2c(OCc3ccccc3)ccc3ccccc23)nc(O)c1[N+](=O)[O-]. The summed E-state index contributed by atoms with van der Waals surface area (Å²) < 4.78 is 6.04. The molecule has 1 heterocycles. The van der Waals surface area contributed by atoms with Gasteiger partial charge in [-0.1, -0.05) is 60.7 Å². The minimum absolute atomic E-state index is 0.0185. The number of nitrogens with zero attached hydrogens (tertiary/aromatic N) is 2. The van der Waals surface area contributed by atoms with Crippen molar-refractivity contribution in [1.29, 1.82) is 0 Å². The quantitative estimate of drug-likeness (QED) is 0.358. The van der Waals surface area contributed by atoms with Crippen molar-refractivity contribution in [2.75, 3.05) is 0 Å². The van der Waals surface area contributed by atoms with E-state index < -0.39 is 22.0 Å². The summed E-state index contributed by atoms with van der Waals surface area (Å²) in [5.74, 6) is -0.339. The van der Waals surface area contributed by atoms with Crippen molar-refractivity contribution in [1.82, 2.24) is 9.97 Å². The Hall–Kier alpha value is -4.46. The predicted molar refractivity (Wildman–Crippen MR) is 117 cm³/mol. The summed E-state index contributed by atoms with van der Waals surface area (Å²) in [7, 11) is 0. The van der Waals surface area contributed by atoms with E-state index in [0.29, 0.717) is 12.4 Å². The van der Waals surface area contributed by atoms with E-state index in [9.17, 15) is 20.0 Å². The average molecular weight is 415 g/mol. The third kappa shape index (κ3) is 4.27. The summed E-state index contributed by atoms with van der Waals surface area (Å²) in [5, 5.41) is 22.5. The van der Waals surface area contributed by atoms with Gasteiger partial charge < -0.3 is 14.8 Å². The van der Waals surface area contributed by atoms with Crippen LogP contribution in [-0.2, 0) is 6.61 Å². The number of ether oxygens (including phenoxy) is 1. The summed E-state index contributed by atoms with van der Waals surface area (Å²) in [5.41, 5.74) is -0.267. The molecule has 0 aliphatic heterocycles. The van der Waals surface area contributed by atoms with Gasteiger partial charge in [0.05, 0.1) is 4.92 Å². The molecule has 31 heavy (non-hydrogen) atoms. The molecule has 0 spiro atoms. The van der Waals surface area contributed by atoms with Gasteiger partial charge in [0.25, 0.3) is 5.88 Å². The lowest BCUT2D eigenvalue weighted by Gasteiger charge is -2.12. The highest BCUT2D eigenvalue weighted by atomic mass is 16.6. The number of H-pyrrole nitrogens is 1. The van der Waals surface area contributed by atoms with Gasteiger partial charge in [-0.15, -0.1) is 0 Å². The highest BCUT2D eigenvalue weighted by Crippen LogP contribution is 2.30. The van der Waals surface area contributed by atoms with Crippen LogP contribution >= 0.6 is 0 Å². The van der Waals surface area contributed by atoms with Gasteiger partial charge in [0.15, 0.2) is 0 Å². The van der Waals surface area contributed by atoms with Crippen molar-refractivity contribution in [3.8, 4) is 11.6 Å². The number of nitro groups is 1. The van der Waals surface area contributed by atoms with E-state index in [2.05, 4.69) is 9.97 Å². The molecule has 0 amide bonds. The van der Waals surface area contributed by atoms with Gasteiger partial charge in [-0.25, -0.2) is 0 Å². The number of hydrogen-bond acceptors (Lipinski definition) is 6. The molecule has 8 heteroatoms. The summed E-state index contributed by atoms with van der Waals surface area (Å²) in [6.45, 7) is 0.368. The first-order valence-electron chi connectivity index (χ1n) is 9.37. The summed E-state index contributed by atoms with van der Waals surface area (Å²) in [4.78, 5) is 27.8. The predicted octanol–water partition coefficient (Wildman–Crippen LogP) is 4.29. The number of aromatic hydroxyl groups is 1. The maximum Gasteiger partial charge on any atom is 0.395 e. The van der Waals surface area contributed by atoms with Crippen LogP contribution in [0.15, 0.2) is 71.5 Å². The maximum absolute atomic E-state index is 11.9. The zero-order chi connectivity index (χ0) is 21.8. The van der Waals surface area contributed by atoms with Crippen LogP contribution < -0.4 is 10.3 Å². The Balaban J connectivity index is 1.73. The van der Waals surface area contributed by atoms with Crippen LogP contribution in [0.3, 0.4) is 0 Å². The molecule has 154 valence electrons. The summed E-state index contributed by atoms with van der Waals surface area (Å²) >= 11 is 0. The van der Waals surface area contributed by atoms with Gasteiger partial charge >= 0.3 is 11.2 Å². The van der Waals surface area contributed by atoms with E-state index in [1.165, 1.54) is 6.08 Å². The number of aromatic amines is 1. The third-order valence-electron chi connectivity index (χ3n) is 4.65. The van der Waals surface area contributed by atoms with E-state index in [0.717, 1.165) is 21.9 Å². The second-order valence-corrected chi connectivity index (χ2v) is 6.69. The van der Waals surface area contributed by atoms with E-state index in [1.54, 1.807) is 6.08 Å². The van der Waals surface area contributed by atoms with Gasteiger partial charge in [0.1, 0.15) is 18.2 Å². The fourth-order valence-corrected chi connectivity index (χ4v) is 3.19. The first kappa shape index (κ1) is 19.8. The summed E-state index contributed by atoms with van der Waals surface area (Å²) in [6, 6.07) is 21.3. The Morgan fingerprint density at radius 2 is 1.77 bits per heavy atom. The standard InChI is InChI=1S/C23H17N3O5/c27-22-21(26(29)30)23(28)25-20(24-22)13-11-18-17-9-5-4-8-16(17)10-12-19(18)31-14-15-6-2-1-3-7-15/h1-13H,14H2,(H2,24,25,27,28)/b13-11-. The molecule has 0 radical (unpaired) electrons. The molecule has 8 nitrogen and oxygen atoms in total. The fourth-order valence-electron chi connectivity index (χ4n) is 3.19. The Bertz CT molecular complexity index is 1350. The molecule has 3 aromatic carbocycles. The molecule has 1 aromatic heterocycles. The van der Waals surface area contributed by atoms with Gasteiger partial charge in [-0.05, 0) is 34.6 Å². The molecule has 0 aliphatic carbocycles. The van der Waals surface area contributed by atoms with Crippen LogP contribution in [0.5, 0.6) is 11.6 Å². The van der Waals surface area contributed by atoms with E-state index in [-0.39, 0.29) is 5.82 Å². The van der Waals surface area contributed by atoms with Crippen molar-refractivity contribution in [2.45, 2.75) is 6.61 Å². The highest BCUT2D eigenvalue weighted by molar-refractivity contribution is 5.95. The lowest BCUT2D eigenvalue weighted by atomic mass is 10.0. The van der Waals surface area contributed by atoms with Gasteiger partial charge in [0.2, 0.25) is 0 Å². The first-order chi connectivity index (χ1) is 15.0. The Kier molecular flexibility index (Phi) is 5.44. The smallest absolute Gasteiger partial charge is 0.395 e. The Morgan fingerprint density at radius 3 is 2.52 bits per heavy atom. The molecule has 0 saturated heterocycles. The van der Waals surface area contributed by atoms with Crippen molar-refractivity contribution >= 4 is 28.6 Å². The number of rotatable bonds is 6. The summed E-state index contributed by atoms with van der Waals surface area (Å²) in [6.07, 6.45) is 3.15. The molecular formula is C23H17N3O5. The van der Waals surface area contributed by atoms with Crippen molar-refractivity contribution in [3.05, 3.63) is 104 Å². The molecule has 4 rings (SSSR count). The van der Waals surface area contributed by atoms with Crippen LogP contribution in [0, 0.1) is 10.1 Å². The second-order valence-electron chi connectivity index (χ2n) is 6.69. The van der Waals surface area contributed by atoms with Crippen LogP contribution in [0.4, 0.5) is 5.69 Å². The highest BCUT2D eigenvalue weighted by Gasteiger charge is 2.21. The van der Waals surface area contributed by atoms with Crippen molar-refractivity contribution in [2.24, 2.45) is 0 Å². The zero-order valence-corrected chi connectivity index (χ0v) is 16.2.